The molecule has 2 aliphatic carbocycles. The van der Waals surface area contributed by atoms with Gasteiger partial charge in [-0.3, -0.25) is 0 Å². The number of esters is 2. The number of methoxy groups -OCH3 is 2. The number of carbonyl (C=O) groups is 2. The van der Waals surface area contributed by atoms with E-state index in [0.717, 1.165) is 0 Å². The molecule has 3 aliphatic heterocycles. The number of carbonyl (C=O) groups excluding carboxylic acids is 2. The van der Waals surface area contributed by atoms with E-state index in [1.54, 1.807) is 37.4 Å². The Labute approximate surface area is 215 Å². The normalized spacial score (nSPS) is 45.5. The fourth-order valence-electron chi connectivity index (χ4n) is 8.53. The number of aliphatic hydroxyl groups is 1. The third-order valence-corrected chi connectivity index (χ3v) is 9.38. The van der Waals surface area contributed by atoms with E-state index in [1.165, 1.54) is 7.11 Å². The summed E-state index contributed by atoms with van der Waals surface area (Å²) in [4.78, 5) is 27.0. The predicted molar refractivity (Wildman–Crippen MR) is 125 cm³/mol. The SMILES string of the molecule is COCO[C@@H]1[C@@H](C(C)(C)C)[C@]23C[C@@H](OC)O[C@H]2O[C@]24C(=O)O[C@@]1(O)[C@]32CC[C@H]4OC(=O)c1ccccc1. The number of hydrogen-bond donors (Lipinski definition) is 1. The predicted octanol–water partition coefficient (Wildman–Crippen LogP) is 2.38. The molecule has 37 heavy (non-hydrogen) atoms. The van der Waals surface area contributed by atoms with Gasteiger partial charge in [-0.15, -0.1) is 0 Å². The van der Waals surface area contributed by atoms with Crippen molar-refractivity contribution in [2.75, 3.05) is 21.0 Å². The third kappa shape index (κ3) is 2.76. The summed E-state index contributed by atoms with van der Waals surface area (Å²) in [6.07, 6.45) is -2.50. The van der Waals surface area contributed by atoms with Gasteiger partial charge in [-0.05, 0) is 30.4 Å². The zero-order valence-electron chi connectivity index (χ0n) is 21.7. The van der Waals surface area contributed by atoms with Crippen LogP contribution in [0.3, 0.4) is 0 Å². The summed E-state index contributed by atoms with van der Waals surface area (Å²) in [6, 6.07) is 8.56. The van der Waals surface area contributed by atoms with E-state index in [-0.39, 0.29) is 12.7 Å². The van der Waals surface area contributed by atoms with Gasteiger partial charge in [0.2, 0.25) is 11.4 Å². The van der Waals surface area contributed by atoms with Gasteiger partial charge >= 0.3 is 11.9 Å². The van der Waals surface area contributed by atoms with Crippen molar-refractivity contribution in [2.24, 2.45) is 22.2 Å². The molecule has 2 saturated carbocycles. The molecule has 5 aliphatic rings. The molecule has 0 amide bonds. The second-order valence-electron chi connectivity index (χ2n) is 11.9. The van der Waals surface area contributed by atoms with E-state index in [9.17, 15) is 14.7 Å². The summed E-state index contributed by atoms with van der Waals surface area (Å²) < 4.78 is 41.7. The Bertz CT molecular complexity index is 1100. The largest absolute Gasteiger partial charge is 0.455 e. The molecule has 9 atom stereocenters. The van der Waals surface area contributed by atoms with Crippen LogP contribution < -0.4 is 0 Å². The van der Waals surface area contributed by atoms with Crippen LogP contribution in [0.5, 0.6) is 0 Å². The van der Waals surface area contributed by atoms with Crippen molar-refractivity contribution >= 4 is 11.9 Å². The molecule has 0 bridgehead atoms. The van der Waals surface area contributed by atoms with Gasteiger partial charge in [-0.2, -0.15) is 0 Å². The molecule has 6 rings (SSSR count). The maximum Gasteiger partial charge on any atom is 0.345 e. The average molecular weight is 519 g/mol. The fourth-order valence-corrected chi connectivity index (χ4v) is 8.53. The first-order valence-corrected chi connectivity index (χ1v) is 12.7. The highest BCUT2D eigenvalue weighted by Crippen LogP contribution is 2.85. The van der Waals surface area contributed by atoms with Crippen molar-refractivity contribution in [3.8, 4) is 0 Å². The van der Waals surface area contributed by atoms with Crippen LogP contribution in [-0.2, 0) is 38.0 Å². The molecular formula is C27H34O10. The van der Waals surface area contributed by atoms with Gasteiger partial charge in [0.25, 0.3) is 0 Å². The summed E-state index contributed by atoms with van der Waals surface area (Å²) in [7, 11) is 3.04. The molecule has 0 radical (unpaired) electrons. The van der Waals surface area contributed by atoms with Crippen LogP contribution >= 0.6 is 0 Å². The van der Waals surface area contributed by atoms with Crippen LogP contribution in [0.15, 0.2) is 30.3 Å². The zero-order chi connectivity index (χ0) is 26.4. The lowest BCUT2D eigenvalue weighted by Crippen LogP contribution is -2.60. The summed E-state index contributed by atoms with van der Waals surface area (Å²) >= 11 is 0. The van der Waals surface area contributed by atoms with E-state index in [2.05, 4.69) is 20.8 Å². The lowest BCUT2D eigenvalue weighted by molar-refractivity contribution is -0.283. The maximum atomic E-state index is 13.9. The molecule has 3 saturated heterocycles. The molecule has 10 heteroatoms. The molecule has 3 heterocycles. The molecule has 1 aromatic rings. The van der Waals surface area contributed by atoms with Crippen LogP contribution in [0.2, 0.25) is 0 Å². The molecule has 10 nitrogen and oxygen atoms in total. The van der Waals surface area contributed by atoms with E-state index in [0.29, 0.717) is 24.8 Å². The van der Waals surface area contributed by atoms with Crippen molar-refractivity contribution in [1.29, 1.82) is 0 Å². The summed E-state index contributed by atoms with van der Waals surface area (Å²) in [5, 5.41) is 12.5. The maximum absolute atomic E-state index is 13.9. The molecule has 0 unspecified atom stereocenters. The fraction of sp³-hybridized carbons (Fsp3) is 0.704. The van der Waals surface area contributed by atoms with Gasteiger partial charge in [-0.25, -0.2) is 9.59 Å². The second kappa shape index (κ2) is 7.97. The number of ether oxygens (including phenoxy) is 7. The highest BCUT2D eigenvalue weighted by molar-refractivity contribution is 5.92. The van der Waals surface area contributed by atoms with Gasteiger partial charge in [-0.1, -0.05) is 39.0 Å². The van der Waals surface area contributed by atoms with Crippen molar-refractivity contribution in [3.63, 3.8) is 0 Å². The molecule has 5 fully saturated rings. The summed E-state index contributed by atoms with van der Waals surface area (Å²) in [6.45, 7) is 6.05. The van der Waals surface area contributed by atoms with E-state index < -0.39 is 64.4 Å². The monoisotopic (exact) mass is 518 g/mol. The third-order valence-electron chi connectivity index (χ3n) is 9.38. The number of rotatable bonds is 6. The lowest BCUT2D eigenvalue weighted by atomic mass is 9.53. The van der Waals surface area contributed by atoms with Crippen LogP contribution in [0.4, 0.5) is 0 Å². The van der Waals surface area contributed by atoms with Crippen LogP contribution in [0, 0.1) is 22.2 Å². The number of benzene rings is 1. The van der Waals surface area contributed by atoms with Gasteiger partial charge in [0.15, 0.2) is 12.6 Å². The summed E-state index contributed by atoms with van der Waals surface area (Å²) in [5.41, 5.74) is -4.09. The Balaban J connectivity index is 1.52. The van der Waals surface area contributed by atoms with Crippen LogP contribution in [-0.4, -0.2) is 74.2 Å². The van der Waals surface area contributed by atoms with Crippen molar-refractivity contribution in [1.82, 2.24) is 0 Å². The van der Waals surface area contributed by atoms with Crippen LogP contribution in [0.1, 0.15) is 50.4 Å². The minimum atomic E-state index is -2.06. The molecule has 0 aromatic heterocycles. The molecule has 1 N–H and O–H groups in total. The van der Waals surface area contributed by atoms with Gasteiger partial charge in [0, 0.05) is 32.0 Å². The van der Waals surface area contributed by atoms with Crippen molar-refractivity contribution in [3.05, 3.63) is 35.9 Å². The Morgan fingerprint density at radius 1 is 1.19 bits per heavy atom. The Morgan fingerprint density at radius 2 is 1.92 bits per heavy atom. The minimum absolute atomic E-state index is 0.108. The smallest absolute Gasteiger partial charge is 0.345 e. The van der Waals surface area contributed by atoms with Gasteiger partial charge < -0.3 is 38.3 Å². The van der Waals surface area contributed by atoms with Gasteiger partial charge in [0.05, 0.1) is 11.0 Å². The lowest BCUT2D eigenvalue weighted by Gasteiger charge is -2.45. The van der Waals surface area contributed by atoms with Crippen molar-refractivity contribution < 1.29 is 47.9 Å². The van der Waals surface area contributed by atoms with E-state index in [1.807, 2.05) is 0 Å². The molecule has 1 aromatic carbocycles. The highest BCUT2D eigenvalue weighted by atomic mass is 16.8. The number of hydrogen-bond acceptors (Lipinski definition) is 10. The Kier molecular flexibility index (Phi) is 5.43. The Morgan fingerprint density at radius 3 is 2.57 bits per heavy atom. The molecule has 202 valence electrons. The van der Waals surface area contributed by atoms with E-state index >= 15 is 0 Å². The first-order chi connectivity index (χ1) is 17.5. The van der Waals surface area contributed by atoms with Gasteiger partial charge in [0.1, 0.15) is 19.0 Å². The first kappa shape index (κ1) is 25.2. The quantitative estimate of drug-likeness (QED) is 0.444. The van der Waals surface area contributed by atoms with E-state index in [4.69, 9.17) is 33.2 Å². The Hall–Kier alpha value is -2.08. The van der Waals surface area contributed by atoms with Crippen molar-refractivity contribution in [2.45, 2.75) is 76.2 Å². The average Bonchev–Trinajstić information content (AvgIpc) is 3.54. The zero-order valence-corrected chi connectivity index (χ0v) is 21.7. The highest BCUT2D eigenvalue weighted by Gasteiger charge is 3.00. The molecular weight excluding hydrogens is 484 g/mol. The summed E-state index contributed by atoms with van der Waals surface area (Å²) in [5.74, 6) is -3.80. The minimum Gasteiger partial charge on any atom is -0.455 e. The molecule has 2 spiro atoms. The van der Waals surface area contributed by atoms with Crippen LogP contribution in [0.25, 0.3) is 0 Å². The second-order valence-corrected chi connectivity index (χ2v) is 11.9. The standard InChI is InChI=1S/C27H34O10/c1-23(2,3)18-19(33-14-31-4)27(30)25-12-11-16(34-20(28)15-9-7-6-8-10-15)26(25,21(29)36-27)37-22-24(18,25)13-17(32-5)35-22/h6-10,16-19,22,30H,11-14H2,1-5H3/t16-,17+,18+,19-,22+,24-,25-,26-,27-/m1/s1. The first-order valence-electron chi connectivity index (χ1n) is 12.7. The topological polar surface area (TPSA) is 119 Å².